The summed E-state index contributed by atoms with van der Waals surface area (Å²) in [5, 5.41) is 11.8. The highest BCUT2D eigenvalue weighted by Crippen LogP contribution is 2.23. The molecule has 6 heteroatoms. The Morgan fingerprint density at radius 3 is 2.59 bits per heavy atom. The van der Waals surface area contributed by atoms with Crippen molar-refractivity contribution in [1.82, 2.24) is 0 Å². The molecular weight excluding hydrogens is 289 g/mol. The predicted octanol–water partition coefficient (Wildman–Crippen LogP) is 3.44. The van der Waals surface area contributed by atoms with Crippen LogP contribution in [0, 0.1) is 5.82 Å². The predicted molar refractivity (Wildman–Crippen MR) is 79.0 cm³/mol. The van der Waals surface area contributed by atoms with E-state index in [2.05, 4.69) is 5.32 Å². The van der Waals surface area contributed by atoms with E-state index in [1.54, 1.807) is 31.2 Å². The van der Waals surface area contributed by atoms with Gasteiger partial charge < -0.3 is 15.2 Å². The van der Waals surface area contributed by atoms with Crippen LogP contribution >= 0.6 is 0 Å². The van der Waals surface area contributed by atoms with E-state index >= 15 is 0 Å². The van der Waals surface area contributed by atoms with Gasteiger partial charge in [-0.1, -0.05) is 12.1 Å². The number of para-hydroxylation sites is 1. The molecule has 0 bridgehead atoms. The van der Waals surface area contributed by atoms with E-state index in [0.717, 1.165) is 6.07 Å². The van der Waals surface area contributed by atoms with Gasteiger partial charge in [0.25, 0.3) is 0 Å². The number of halogens is 1. The minimum atomic E-state index is -1.36. The summed E-state index contributed by atoms with van der Waals surface area (Å²) in [7, 11) is 0. The Labute approximate surface area is 126 Å². The van der Waals surface area contributed by atoms with E-state index in [9.17, 15) is 14.0 Å². The van der Waals surface area contributed by atoms with Gasteiger partial charge in [0.05, 0.1) is 23.4 Å². The van der Waals surface area contributed by atoms with Crippen LogP contribution in [-0.2, 0) is 4.74 Å². The molecule has 0 saturated heterocycles. The van der Waals surface area contributed by atoms with Gasteiger partial charge in [0, 0.05) is 5.69 Å². The topological polar surface area (TPSA) is 75.6 Å². The molecule has 5 nitrogen and oxygen atoms in total. The zero-order valence-corrected chi connectivity index (χ0v) is 11.8. The van der Waals surface area contributed by atoms with Crippen LogP contribution in [0.5, 0.6) is 0 Å². The van der Waals surface area contributed by atoms with E-state index in [4.69, 9.17) is 9.84 Å². The molecule has 0 atom stereocenters. The Morgan fingerprint density at radius 1 is 1.18 bits per heavy atom. The molecular formula is C16H14FNO4. The normalized spacial score (nSPS) is 10.1. The standard InChI is InChI=1S/C16H14FNO4/c1-2-22-16(21)11-5-3-4-6-14(11)18-10-7-8-13(17)12(9-10)15(19)20/h3-9,18H,2H2,1H3,(H,19,20). The van der Waals surface area contributed by atoms with Gasteiger partial charge in [-0.25, -0.2) is 14.0 Å². The van der Waals surface area contributed by atoms with Crippen molar-refractivity contribution in [2.75, 3.05) is 11.9 Å². The van der Waals surface area contributed by atoms with Crippen LogP contribution in [0.1, 0.15) is 27.6 Å². The lowest BCUT2D eigenvalue weighted by Crippen LogP contribution is -2.08. The quantitative estimate of drug-likeness (QED) is 0.827. The monoisotopic (exact) mass is 303 g/mol. The SMILES string of the molecule is CCOC(=O)c1ccccc1Nc1ccc(F)c(C(=O)O)c1. The van der Waals surface area contributed by atoms with E-state index in [1.807, 2.05) is 0 Å². The number of ether oxygens (including phenoxy) is 1. The van der Waals surface area contributed by atoms with Gasteiger partial charge in [-0.15, -0.1) is 0 Å². The van der Waals surface area contributed by atoms with Crippen molar-refractivity contribution in [2.45, 2.75) is 6.92 Å². The third-order valence-corrected chi connectivity index (χ3v) is 2.90. The molecule has 0 spiro atoms. The largest absolute Gasteiger partial charge is 0.478 e. The first-order valence-electron chi connectivity index (χ1n) is 6.59. The molecule has 2 rings (SSSR count). The molecule has 0 saturated carbocycles. The second-order valence-electron chi connectivity index (χ2n) is 4.39. The lowest BCUT2D eigenvalue weighted by Gasteiger charge is -2.12. The Bertz CT molecular complexity index is 715. The smallest absolute Gasteiger partial charge is 0.340 e. The first kappa shape index (κ1) is 15.5. The van der Waals surface area contributed by atoms with Crippen molar-refractivity contribution in [1.29, 1.82) is 0 Å². The summed E-state index contributed by atoms with van der Waals surface area (Å²) in [6.45, 7) is 1.94. The Hall–Kier alpha value is -2.89. The number of hydrogen-bond donors (Lipinski definition) is 2. The molecule has 0 aliphatic rings. The number of carboxylic acid groups (broad SMARTS) is 1. The number of aromatic carboxylic acids is 1. The number of rotatable bonds is 5. The molecule has 0 unspecified atom stereocenters. The minimum absolute atomic E-state index is 0.243. The maximum absolute atomic E-state index is 13.4. The summed E-state index contributed by atoms with van der Waals surface area (Å²) in [4.78, 5) is 22.8. The molecule has 0 amide bonds. The van der Waals surface area contributed by atoms with E-state index in [-0.39, 0.29) is 6.61 Å². The maximum Gasteiger partial charge on any atom is 0.340 e. The van der Waals surface area contributed by atoms with Crippen LogP contribution < -0.4 is 5.32 Å². The molecule has 0 aromatic heterocycles. The summed E-state index contributed by atoms with van der Waals surface area (Å²) >= 11 is 0. The van der Waals surface area contributed by atoms with E-state index < -0.39 is 23.3 Å². The lowest BCUT2D eigenvalue weighted by molar-refractivity contribution is 0.0527. The zero-order valence-electron chi connectivity index (χ0n) is 11.8. The molecule has 0 heterocycles. The fourth-order valence-corrected chi connectivity index (χ4v) is 1.90. The lowest BCUT2D eigenvalue weighted by atomic mass is 10.1. The molecule has 0 aliphatic carbocycles. The van der Waals surface area contributed by atoms with Crippen molar-refractivity contribution >= 4 is 23.3 Å². The molecule has 0 fully saturated rings. The summed E-state index contributed by atoms with van der Waals surface area (Å²) in [6.07, 6.45) is 0. The average Bonchev–Trinajstić information content (AvgIpc) is 2.49. The molecule has 22 heavy (non-hydrogen) atoms. The van der Waals surface area contributed by atoms with Gasteiger partial charge in [-0.2, -0.15) is 0 Å². The summed E-state index contributed by atoms with van der Waals surface area (Å²) in [5.74, 6) is -2.68. The molecule has 0 radical (unpaired) electrons. The van der Waals surface area contributed by atoms with Crippen LogP contribution in [0.4, 0.5) is 15.8 Å². The van der Waals surface area contributed by atoms with Crippen LogP contribution in [0.3, 0.4) is 0 Å². The fraction of sp³-hybridized carbons (Fsp3) is 0.125. The van der Waals surface area contributed by atoms with Gasteiger partial charge in [0.1, 0.15) is 5.82 Å². The van der Waals surface area contributed by atoms with Gasteiger partial charge in [-0.3, -0.25) is 0 Å². The highest BCUT2D eigenvalue weighted by atomic mass is 19.1. The number of benzene rings is 2. The maximum atomic E-state index is 13.4. The van der Waals surface area contributed by atoms with E-state index in [0.29, 0.717) is 16.9 Å². The highest BCUT2D eigenvalue weighted by Gasteiger charge is 2.14. The van der Waals surface area contributed by atoms with Gasteiger partial charge in [0.2, 0.25) is 0 Å². The van der Waals surface area contributed by atoms with Crippen LogP contribution in [0.15, 0.2) is 42.5 Å². The van der Waals surface area contributed by atoms with E-state index in [1.165, 1.54) is 12.1 Å². The van der Waals surface area contributed by atoms with Crippen LogP contribution in [0.25, 0.3) is 0 Å². The van der Waals surface area contributed by atoms with Crippen LogP contribution in [0.2, 0.25) is 0 Å². The Morgan fingerprint density at radius 2 is 1.91 bits per heavy atom. The number of carbonyl (C=O) groups excluding carboxylic acids is 1. The zero-order chi connectivity index (χ0) is 16.1. The number of hydrogen-bond acceptors (Lipinski definition) is 4. The van der Waals surface area contributed by atoms with Crippen molar-refractivity contribution < 1.29 is 23.8 Å². The summed E-state index contributed by atoms with van der Waals surface area (Å²) < 4.78 is 18.3. The Balaban J connectivity index is 2.34. The third-order valence-electron chi connectivity index (χ3n) is 2.90. The van der Waals surface area contributed by atoms with Crippen LogP contribution in [-0.4, -0.2) is 23.7 Å². The van der Waals surface area contributed by atoms with Gasteiger partial charge >= 0.3 is 11.9 Å². The second kappa shape index (κ2) is 6.71. The van der Waals surface area contributed by atoms with Gasteiger partial charge in [0.15, 0.2) is 0 Å². The molecule has 114 valence electrons. The first-order chi connectivity index (χ1) is 10.5. The fourth-order valence-electron chi connectivity index (χ4n) is 1.90. The van der Waals surface area contributed by atoms with Gasteiger partial charge in [-0.05, 0) is 37.3 Å². The van der Waals surface area contributed by atoms with Crippen molar-refractivity contribution in [2.24, 2.45) is 0 Å². The summed E-state index contributed by atoms with van der Waals surface area (Å²) in [5.41, 5.74) is 0.670. The minimum Gasteiger partial charge on any atom is -0.478 e. The molecule has 2 aromatic carbocycles. The number of anilines is 2. The number of nitrogens with one attached hydrogen (secondary N) is 1. The average molecular weight is 303 g/mol. The number of carboxylic acids is 1. The molecule has 0 aliphatic heterocycles. The second-order valence-corrected chi connectivity index (χ2v) is 4.39. The Kier molecular flexibility index (Phi) is 4.73. The van der Waals surface area contributed by atoms with Crippen molar-refractivity contribution in [3.05, 3.63) is 59.4 Å². The third kappa shape index (κ3) is 3.41. The van der Waals surface area contributed by atoms with Crippen molar-refractivity contribution in [3.8, 4) is 0 Å². The molecule has 2 N–H and O–H groups in total. The number of carbonyl (C=O) groups is 2. The highest BCUT2D eigenvalue weighted by molar-refractivity contribution is 5.97. The number of esters is 1. The summed E-state index contributed by atoms with van der Waals surface area (Å²) in [6, 6.07) is 10.2. The molecule has 2 aromatic rings. The first-order valence-corrected chi connectivity index (χ1v) is 6.59. The van der Waals surface area contributed by atoms with Crippen molar-refractivity contribution in [3.63, 3.8) is 0 Å².